The van der Waals surface area contributed by atoms with E-state index in [1.807, 2.05) is 19.9 Å². The summed E-state index contributed by atoms with van der Waals surface area (Å²) in [5.74, 6) is -0.962. The molecule has 1 aliphatic heterocycles. The molecule has 2 rings (SSSR count). The summed E-state index contributed by atoms with van der Waals surface area (Å²) in [7, 11) is -7.08. The summed E-state index contributed by atoms with van der Waals surface area (Å²) in [5.41, 5.74) is 2.91. The summed E-state index contributed by atoms with van der Waals surface area (Å²) in [4.78, 5) is 12.2. The van der Waals surface area contributed by atoms with Crippen molar-refractivity contribution in [3.05, 3.63) is 28.3 Å². The molecule has 0 unspecified atom stereocenters. The number of amides is 1. The number of carbonyl (C=O) groups is 1. The number of carbonyl (C=O) groups excluding carboxylic acids is 1. The lowest BCUT2D eigenvalue weighted by molar-refractivity contribution is -0.120. The molecule has 0 spiro atoms. The summed E-state index contributed by atoms with van der Waals surface area (Å²) >= 11 is 0. The van der Waals surface area contributed by atoms with Crippen LogP contribution in [0.1, 0.15) is 35.1 Å². The third kappa shape index (κ3) is 3.97. The molecule has 0 radical (unpaired) electrons. The predicted molar refractivity (Wildman–Crippen MR) is 92.1 cm³/mol. The van der Waals surface area contributed by atoms with Crippen LogP contribution in [0.2, 0.25) is 0 Å². The van der Waals surface area contributed by atoms with E-state index in [1.54, 1.807) is 13.8 Å². The number of sulfonamides is 1. The van der Waals surface area contributed by atoms with Crippen LogP contribution >= 0.6 is 0 Å². The molecule has 1 heterocycles. The minimum absolute atomic E-state index is 0.0535. The first-order valence-corrected chi connectivity index (χ1v) is 11.1. The molecule has 1 atom stereocenters. The van der Waals surface area contributed by atoms with Gasteiger partial charge in [0.2, 0.25) is 5.91 Å². The van der Waals surface area contributed by atoms with Gasteiger partial charge in [0.25, 0.3) is 10.0 Å². The molecule has 1 N–H and O–H groups in total. The highest BCUT2D eigenvalue weighted by Crippen LogP contribution is 2.26. The van der Waals surface area contributed by atoms with E-state index in [2.05, 4.69) is 4.72 Å². The van der Waals surface area contributed by atoms with Crippen molar-refractivity contribution in [3.63, 3.8) is 0 Å². The average Bonchev–Trinajstić information content (AvgIpc) is 2.74. The molecule has 8 heteroatoms. The second-order valence-corrected chi connectivity index (χ2v) is 10.4. The number of rotatable bonds is 4. The van der Waals surface area contributed by atoms with Crippen molar-refractivity contribution in [1.29, 1.82) is 0 Å². The molecule has 1 amide bonds. The maximum Gasteiger partial charge on any atom is 0.264 e. The molecular formula is C16H23NO5S2. The van der Waals surface area contributed by atoms with Crippen LogP contribution < -0.4 is 4.72 Å². The van der Waals surface area contributed by atoms with Gasteiger partial charge in [0.05, 0.1) is 16.4 Å². The van der Waals surface area contributed by atoms with Gasteiger partial charge in [-0.25, -0.2) is 21.6 Å². The number of benzene rings is 1. The second-order valence-electron chi connectivity index (χ2n) is 6.59. The van der Waals surface area contributed by atoms with E-state index >= 15 is 0 Å². The Morgan fingerprint density at radius 3 is 2.17 bits per heavy atom. The number of nitrogens with one attached hydrogen (secondary N) is 1. The molecule has 134 valence electrons. The van der Waals surface area contributed by atoms with Gasteiger partial charge in [-0.2, -0.15) is 0 Å². The molecule has 24 heavy (non-hydrogen) atoms. The molecule has 1 aromatic rings. The minimum atomic E-state index is -3.99. The molecule has 1 saturated heterocycles. The normalized spacial score (nSPS) is 20.1. The zero-order chi connectivity index (χ0) is 18.3. The van der Waals surface area contributed by atoms with Crippen molar-refractivity contribution in [1.82, 2.24) is 4.72 Å². The van der Waals surface area contributed by atoms with Crippen molar-refractivity contribution in [3.8, 4) is 0 Å². The molecule has 1 aromatic carbocycles. The Kier molecular flexibility index (Phi) is 5.11. The minimum Gasteiger partial charge on any atom is -0.274 e. The highest BCUT2D eigenvalue weighted by Gasteiger charge is 2.31. The van der Waals surface area contributed by atoms with Crippen LogP contribution in [-0.2, 0) is 24.7 Å². The maximum atomic E-state index is 12.6. The predicted octanol–water partition coefficient (Wildman–Crippen LogP) is 1.55. The largest absolute Gasteiger partial charge is 0.274 e. The Hall–Kier alpha value is -1.41. The fourth-order valence-electron chi connectivity index (χ4n) is 3.12. The number of hydrogen-bond donors (Lipinski definition) is 1. The van der Waals surface area contributed by atoms with E-state index in [-0.39, 0.29) is 28.7 Å². The average molecular weight is 373 g/mol. The van der Waals surface area contributed by atoms with Gasteiger partial charge in [-0.15, -0.1) is 0 Å². The van der Waals surface area contributed by atoms with Crippen molar-refractivity contribution >= 4 is 25.8 Å². The Morgan fingerprint density at radius 1 is 1.17 bits per heavy atom. The summed E-state index contributed by atoms with van der Waals surface area (Å²) < 4.78 is 50.3. The summed E-state index contributed by atoms with van der Waals surface area (Å²) in [6.45, 7) is 7.08. The molecule has 1 fully saturated rings. The highest BCUT2D eigenvalue weighted by atomic mass is 32.2. The smallest absolute Gasteiger partial charge is 0.264 e. The van der Waals surface area contributed by atoms with Crippen LogP contribution in [0.4, 0.5) is 0 Å². The third-order valence-electron chi connectivity index (χ3n) is 4.61. The molecule has 6 nitrogen and oxygen atoms in total. The first-order chi connectivity index (χ1) is 10.9. The standard InChI is InChI=1S/C16H23NO5S2/c1-10-7-11(2)13(4)16(12(10)3)24(21,22)17-15(18)8-14-5-6-23(19,20)9-14/h7,14H,5-6,8-9H2,1-4H3,(H,17,18)/t14-/m1/s1. The quantitative estimate of drug-likeness (QED) is 0.863. The van der Waals surface area contributed by atoms with Gasteiger partial charge < -0.3 is 0 Å². The number of hydrogen-bond acceptors (Lipinski definition) is 5. The Balaban J connectivity index is 2.22. The van der Waals surface area contributed by atoms with Crippen LogP contribution in [0.5, 0.6) is 0 Å². The van der Waals surface area contributed by atoms with Crippen molar-refractivity contribution in [2.75, 3.05) is 11.5 Å². The van der Waals surface area contributed by atoms with E-state index in [1.165, 1.54) is 0 Å². The molecule has 0 aromatic heterocycles. The maximum absolute atomic E-state index is 12.6. The van der Waals surface area contributed by atoms with Gasteiger partial charge in [0, 0.05) is 6.42 Å². The van der Waals surface area contributed by atoms with E-state index in [4.69, 9.17) is 0 Å². The summed E-state index contributed by atoms with van der Waals surface area (Å²) in [6, 6.07) is 1.91. The summed E-state index contributed by atoms with van der Waals surface area (Å²) in [6.07, 6.45) is 0.304. The molecular weight excluding hydrogens is 350 g/mol. The summed E-state index contributed by atoms with van der Waals surface area (Å²) in [5, 5.41) is 0. The zero-order valence-electron chi connectivity index (χ0n) is 14.3. The number of sulfone groups is 1. The lowest BCUT2D eigenvalue weighted by Gasteiger charge is -2.16. The van der Waals surface area contributed by atoms with Crippen LogP contribution in [0.25, 0.3) is 0 Å². The Bertz CT molecular complexity index is 859. The van der Waals surface area contributed by atoms with Crippen LogP contribution in [-0.4, -0.2) is 34.2 Å². The number of aryl methyl sites for hydroxylation is 2. The van der Waals surface area contributed by atoms with E-state index in [0.29, 0.717) is 17.5 Å². The third-order valence-corrected chi connectivity index (χ3v) is 8.10. The van der Waals surface area contributed by atoms with Gasteiger partial charge >= 0.3 is 0 Å². The van der Waals surface area contributed by atoms with Crippen molar-refractivity contribution in [2.24, 2.45) is 5.92 Å². The van der Waals surface area contributed by atoms with Crippen molar-refractivity contribution < 1.29 is 21.6 Å². The fourth-order valence-corrected chi connectivity index (χ4v) is 6.60. The highest BCUT2D eigenvalue weighted by molar-refractivity contribution is 7.91. The molecule has 0 bridgehead atoms. The zero-order valence-corrected chi connectivity index (χ0v) is 16.0. The van der Waals surface area contributed by atoms with Gasteiger partial charge in [0.15, 0.2) is 9.84 Å². The Labute approximate surface area is 143 Å². The van der Waals surface area contributed by atoms with Crippen LogP contribution in [0.3, 0.4) is 0 Å². The van der Waals surface area contributed by atoms with Gasteiger partial charge in [-0.1, -0.05) is 6.07 Å². The Morgan fingerprint density at radius 2 is 1.71 bits per heavy atom. The van der Waals surface area contributed by atoms with E-state index in [0.717, 1.165) is 11.1 Å². The van der Waals surface area contributed by atoms with Gasteiger partial charge in [0.1, 0.15) is 0 Å². The fraction of sp³-hybridized carbons (Fsp3) is 0.562. The molecule has 0 aliphatic carbocycles. The van der Waals surface area contributed by atoms with Gasteiger partial charge in [-0.05, 0) is 62.3 Å². The first kappa shape index (κ1) is 18.9. The van der Waals surface area contributed by atoms with E-state index < -0.39 is 25.8 Å². The lowest BCUT2D eigenvalue weighted by Crippen LogP contribution is -2.33. The van der Waals surface area contributed by atoms with Crippen LogP contribution in [0.15, 0.2) is 11.0 Å². The molecule has 1 aliphatic rings. The monoisotopic (exact) mass is 373 g/mol. The topological polar surface area (TPSA) is 97.4 Å². The van der Waals surface area contributed by atoms with Crippen molar-refractivity contribution in [2.45, 2.75) is 45.4 Å². The van der Waals surface area contributed by atoms with Crippen LogP contribution in [0, 0.1) is 33.6 Å². The van der Waals surface area contributed by atoms with E-state index in [9.17, 15) is 21.6 Å². The lowest BCUT2D eigenvalue weighted by atomic mass is 10.0. The van der Waals surface area contributed by atoms with Gasteiger partial charge in [-0.3, -0.25) is 4.79 Å². The SMILES string of the molecule is Cc1cc(C)c(C)c(S(=O)(=O)NC(=O)C[C@H]2CCS(=O)(=O)C2)c1C. The first-order valence-electron chi connectivity index (χ1n) is 7.76. The second kappa shape index (κ2) is 6.48. The molecule has 0 saturated carbocycles.